The number of ketones is 1. The number of Topliss-reactive ketones (excluding diaryl/α,β-unsaturated/α-hetero) is 1. The van der Waals surface area contributed by atoms with Gasteiger partial charge in [-0.2, -0.15) is 0 Å². The number of fused-ring (bicyclic) bond motifs is 6. The molecule has 0 aromatic heterocycles. The summed E-state index contributed by atoms with van der Waals surface area (Å²) in [6.07, 6.45) is 7.12. The van der Waals surface area contributed by atoms with Crippen molar-refractivity contribution in [2.24, 2.45) is 5.92 Å². The Morgan fingerprint density at radius 1 is 1.18 bits per heavy atom. The van der Waals surface area contributed by atoms with Crippen LogP contribution in [0, 0.1) is 5.92 Å². The van der Waals surface area contributed by atoms with E-state index in [1.165, 1.54) is 17.5 Å². The van der Waals surface area contributed by atoms with E-state index in [1.807, 2.05) is 12.1 Å². The zero-order chi connectivity index (χ0) is 14.9. The van der Waals surface area contributed by atoms with Gasteiger partial charge in [-0.15, -0.1) is 0 Å². The summed E-state index contributed by atoms with van der Waals surface area (Å²) in [7, 11) is 0. The third-order valence-electron chi connectivity index (χ3n) is 6.10. The van der Waals surface area contributed by atoms with E-state index in [1.54, 1.807) is 5.57 Å². The standard InChI is InChI=1S/C20H19NO/c21-19-3-1-2-13-7-14-8-16(22)11-20(18(14)9-17(13)19)10-12-4-5-15(20)6-12/h1-4,7,9,15H,5-6,8,10-11,21H2. The number of benzene rings is 2. The molecule has 1 saturated carbocycles. The Hall–Kier alpha value is -2.09. The lowest BCUT2D eigenvalue weighted by molar-refractivity contribution is -0.120. The number of carbonyl (C=O) groups excluding carboxylic acids is 1. The minimum absolute atomic E-state index is 0.0607. The molecule has 0 saturated heterocycles. The number of carbonyl (C=O) groups is 1. The van der Waals surface area contributed by atoms with Gasteiger partial charge in [-0.1, -0.05) is 29.8 Å². The maximum Gasteiger partial charge on any atom is 0.138 e. The van der Waals surface area contributed by atoms with Crippen LogP contribution in [0.4, 0.5) is 5.69 Å². The Labute approximate surface area is 130 Å². The van der Waals surface area contributed by atoms with Crippen LogP contribution < -0.4 is 5.73 Å². The highest BCUT2D eigenvalue weighted by atomic mass is 16.1. The van der Waals surface area contributed by atoms with Crippen molar-refractivity contribution in [2.75, 3.05) is 5.73 Å². The average molecular weight is 289 g/mol. The van der Waals surface area contributed by atoms with Crippen molar-refractivity contribution in [2.45, 2.75) is 37.5 Å². The number of nitrogen functional groups attached to an aromatic ring is 1. The van der Waals surface area contributed by atoms with Gasteiger partial charge in [0, 0.05) is 29.3 Å². The maximum atomic E-state index is 12.4. The van der Waals surface area contributed by atoms with Gasteiger partial charge in [-0.25, -0.2) is 0 Å². The van der Waals surface area contributed by atoms with Gasteiger partial charge in [0.05, 0.1) is 0 Å². The molecule has 1 fully saturated rings. The predicted molar refractivity (Wildman–Crippen MR) is 88.8 cm³/mol. The Balaban J connectivity index is 1.81. The van der Waals surface area contributed by atoms with Crippen molar-refractivity contribution in [3.63, 3.8) is 0 Å². The molecule has 2 heteroatoms. The molecule has 0 aliphatic heterocycles. The summed E-state index contributed by atoms with van der Waals surface area (Å²) in [4.78, 5) is 12.4. The number of rotatable bonds is 0. The second-order valence-corrected chi connectivity index (χ2v) is 7.30. The van der Waals surface area contributed by atoms with Crippen molar-refractivity contribution < 1.29 is 4.79 Å². The number of anilines is 1. The molecule has 2 bridgehead atoms. The second-order valence-electron chi connectivity index (χ2n) is 7.30. The first-order valence-corrected chi connectivity index (χ1v) is 8.17. The van der Waals surface area contributed by atoms with Crippen LogP contribution in [0.1, 0.15) is 36.8 Å². The molecule has 0 radical (unpaired) electrons. The Bertz CT molecular complexity index is 863. The van der Waals surface area contributed by atoms with Gasteiger partial charge in [-0.05, 0) is 53.8 Å². The second kappa shape index (κ2) is 4.01. The van der Waals surface area contributed by atoms with Crippen LogP contribution in [0.2, 0.25) is 0 Å². The molecule has 2 atom stereocenters. The summed E-state index contributed by atoms with van der Waals surface area (Å²) >= 11 is 0. The van der Waals surface area contributed by atoms with Crippen LogP contribution in [0.15, 0.2) is 42.0 Å². The van der Waals surface area contributed by atoms with E-state index in [4.69, 9.17) is 5.73 Å². The highest BCUT2D eigenvalue weighted by molar-refractivity contribution is 5.96. The minimum atomic E-state index is 0.0607. The van der Waals surface area contributed by atoms with Gasteiger partial charge in [0.1, 0.15) is 5.78 Å². The monoisotopic (exact) mass is 289 g/mol. The summed E-state index contributed by atoms with van der Waals surface area (Å²) in [5.74, 6) is 1.02. The van der Waals surface area contributed by atoms with Crippen LogP contribution >= 0.6 is 0 Å². The molecule has 3 aliphatic carbocycles. The lowest BCUT2D eigenvalue weighted by Gasteiger charge is -2.41. The zero-order valence-corrected chi connectivity index (χ0v) is 12.6. The molecular weight excluding hydrogens is 270 g/mol. The van der Waals surface area contributed by atoms with Crippen molar-refractivity contribution in [1.29, 1.82) is 0 Å². The molecule has 2 unspecified atom stereocenters. The molecule has 110 valence electrons. The Morgan fingerprint density at radius 3 is 2.86 bits per heavy atom. The molecule has 2 nitrogen and oxygen atoms in total. The molecule has 2 aromatic carbocycles. The smallest absolute Gasteiger partial charge is 0.138 e. The van der Waals surface area contributed by atoms with Crippen molar-refractivity contribution in [1.82, 2.24) is 0 Å². The predicted octanol–water partition coefficient (Wildman–Crippen LogP) is 3.92. The first kappa shape index (κ1) is 12.5. The fourth-order valence-electron chi connectivity index (χ4n) is 5.16. The van der Waals surface area contributed by atoms with Crippen LogP contribution in [0.25, 0.3) is 10.8 Å². The Kier molecular flexibility index (Phi) is 2.27. The fourth-order valence-corrected chi connectivity index (χ4v) is 5.16. The molecule has 0 heterocycles. The highest BCUT2D eigenvalue weighted by Gasteiger charge is 2.51. The summed E-state index contributed by atoms with van der Waals surface area (Å²) in [6, 6.07) is 10.6. The van der Waals surface area contributed by atoms with Crippen molar-refractivity contribution >= 4 is 22.2 Å². The third kappa shape index (κ3) is 1.48. The lowest BCUT2D eigenvalue weighted by atomic mass is 9.62. The summed E-state index contributed by atoms with van der Waals surface area (Å²) in [5, 5.41) is 2.30. The SMILES string of the molecule is Nc1cccc2cc3c(cc12)C1(CC(=O)C3)CC2=CCC1C2. The number of allylic oxidation sites excluding steroid dienone is 2. The molecule has 5 rings (SSSR count). The first-order valence-electron chi connectivity index (χ1n) is 8.17. The third-order valence-corrected chi connectivity index (χ3v) is 6.10. The topological polar surface area (TPSA) is 43.1 Å². The van der Waals surface area contributed by atoms with Gasteiger partial charge < -0.3 is 5.73 Å². The van der Waals surface area contributed by atoms with Crippen LogP contribution in [0.3, 0.4) is 0 Å². The van der Waals surface area contributed by atoms with Gasteiger partial charge in [0.15, 0.2) is 0 Å². The number of hydrogen-bond acceptors (Lipinski definition) is 2. The number of hydrogen-bond donors (Lipinski definition) is 1. The quantitative estimate of drug-likeness (QED) is 0.590. The van der Waals surface area contributed by atoms with Crippen LogP contribution in [-0.2, 0) is 16.6 Å². The summed E-state index contributed by atoms with van der Waals surface area (Å²) in [6.45, 7) is 0. The van der Waals surface area contributed by atoms with Crippen molar-refractivity contribution in [3.8, 4) is 0 Å². The summed E-state index contributed by atoms with van der Waals surface area (Å²) < 4.78 is 0. The van der Waals surface area contributed by atoms with Crippen molar-refractivity contribution in [3.05, 3.63) is 53.1 Å². The lowest BCUT2D eigenvalue weighted by Crippen LogP contribution is -2.39. The normalized spacial score (nSPS) is 29.2. The number of nitrogens with two attached hydrogens (primary N) is 1. The zero-order valence-electron chi connectivity index (χ0n) is 12.6. The molecule has 2 N–H and O–H groups in total. The largest absolute Gasteiger partial charge is 0.398 e. The molecule has 1 spiro atoms. The van der Waals surface area contributed by atoms with Crippen LogP contribution in [-0.4, -0.2) is 5.78 Å². The molecular formula is C20H19NO. The van der Waals surface area contributed by atoms with Gasteiger partial charge in [-0.3, -0.25) is 4.79 Å². The highest BCUT2D eigenvalue weighted by Crippen LogP contribution is 2.58. The minimum Gasteiger partial charge on any atom is -0.398 e. The van der Waals surface area contributed by atoms with E-state index < -0.39 is 0 Å². The van der Waals surface area contributed by atoms with Gasteiger partial charge >= 0.3 is 0 Å². The van der Waals surface area contributed by atoms with Crippen LogP contribution in [0.5, 0.6) is 0 Å². The fraction of sp³-hybridized carbons (Fsp3) is 0.350. The average Bonchev–Trinajstić information content (AvgIpc) is 3.07. The van der Waals surface area contributed by atoms with Gasteiger partial charge in [0.2, 0.25) is 0 Å². The van der Waals surface area contributed by atoms with E-state index in [9.17, 15) is 4.79 Å². The molecule has 22 heavy (non-hydrogen) atoms. The Morgan fingerprint density at radius 2 is 2.09 bits per heavy atom. The molecule has 3 aliphatic rings. The molecule has 0 amide bonds. The molecule has 2 aromatic rings. The van der Waals surface area contributed by atoms with Gasteiger partial charge in [0.25, 0.3) is 0 Å². The summed E-state index contributed by atoms with van der Waals surface area (Å²) in [5.41, 5.74) is 11.3. The van der Waals surface area contributed by atoms with E-state index >= 15 is 0 Å². The first-order chi connectivity index (χ1) is 10.7. The maximum absolute atomic E-state index is 12.4. The van der Waals surface area contributed by atoms with E-state index in [0.29, 0.717) is 18.1 Å². The van der Waals surface area contributed by atoms with E-state index in [-0.39, 0.29) is 5.41 Å². The van der Waals surface area contributed by atoms with E-state index in [0.717, 1.165) is 35.7 Å². The van der Waals surface area contributed by atoms with E-state index in [2.05, 4.69) is 24.3 Å².